The standard InChI is InChI=1S/C11H9FN2O/c1-6-8(11(13)15)5-7-3-2-4-9(12)10(7)14-6/h2-5H,1H3,(H2,13,15). The Kier molecular flexibility index (Phi) is 2.11. The number of amides is 1. The number of carbonyl (C=O) groups excluding carboxylic acids is 1. The number of aromatic nitrogens is 1. The zero-order valence-corrected chi connectivity index (χ0v) is 8.12. The van der Waals surface area contributed by atoms with Gasteiger partial charge in [0.15, 0.2) is 0 Å². The molecule has 0 saturated heterocycles. The Balaban J connectivity index is 2.82. The monoisotopic (exact) mass is 204 g/mol. The van der Waals surface area contributed by atoms with Gasteiger partial charge in [-0.25, -0.2) is 9.37 Å². The molecule has 0 radical (unpaired) electrons. The summed E-state index contributed by atoms with van der Waals surface area (Å²) in [6.45, 7) is 1.63. The van der Waals surface area contributed by atoms with Crippen LogP contribution < -0.4 is 5.73 Å². The fourth-order valence-corrected chi connectivity index (χ4v) is 1.50. The molecule has 1 heterocycles. The maximum absolute atomic E-state index is 13.3. The molecule has 3 nitrogen and oxygen atoms in total. The minimum Gasteiger partial charge on any atom is -0.366 e. The first-order chi connectivity index (χ1) is 7.09. The molecule has 0 aliphatic heterocycles. The number of rotatable bonds is 1. The van der Waals surface area contributed by atoms with E-state index < -0.39 is 11.7 Å². The molecule has 1 aromatic carbocycles. The average molecular weight is 204 g/mol. The molecular formula is C11H9FN2O. The van der Waals surface area contributed by atoms with Crippen molar-refractivity contribution in [2.75, 3.05) is 0 Å². The molecule has 0 aliphatic rings. The highest BCUT2D eigenvalue weighted by molar-refractivity contribution is 5.97. The molecule has 2 N–H and O–H groups in total. The number of para-hydroxylation sites is 1. The number of primary amides is 1. The number of aryl methyl sites for hydroxylation is 1. The van der Waals surface area contributed by atoms with Crippen molar-refractivity contribution in [3.63, 3.8) is 0 Å². The normalized spacial score (nSPS) is 10.5. The number of hydrogen-bond donors (Lipinski definition) is 1. The number of nitrogens with two attached hydrogens (primary N) is 1. The number of benzene rings is 1. The van der Waals surface area contributed by atoms with Gasteiger partial charge in [0.05, 0.1) is 11.3 Å². The second-order valence-electron chi connectivity index (χ2n) is 3.30. The number of fused-ring (bicyclic) bond motifs is 1. The third kappa shape index (κ3) is 1.54. The van der Waals surface area contributed by atoms with Crippen LogP contribution in [0.1, 0.15) is 16.1 Å². The van der Waals surface area contributed by atoms with Crippen LogP contribution in [-0.4, -0.2) is 10.9 Å². The highest BCUT2D eigenvalue weighted by Gasteiger charge is 2.09. The van der Waals surface area contributed by atoms with Crippen LogP contribution in [0.25, 0.3) is 10.9 Å². The van der Waals surface area contributed by atoms with Crippen LogP contribution in [0.3, 0.4) is 0 Å². The predicted octanol–water partition coefficient (Wildman–Crippen LogP) is 1.78. The van der Waals surface area contributed by atoms with Gasteiger partial charge < -0.3 is 5.73 Å². The second-order valence-corrected chi connectivity index (χ2v) is 3.30. The van der Waals surface area contributed by atoms with Crippen molar-refractivity contribution >= 4 is 16.8 Å². The zero-order chi connectivity index (χ0) is 11.0. The maximum Gasteiger partial charge on any atom is 0.250 e. The van der Waals surface area contributed by atoms with Gasteiger partial charge >= 0.3 is 0 Å². The third-order valence-corrected chi connectivity index (χ3v) is 2.25. The van der Waals surface area contributed by atoms with Gasteiger partial charge in [0, 0.05) is 5.39 Å². The number of nitrogens with zero attached hydrogens (tertiary/aromatic N) is 1. The Morgan fingerprint density at radius 1 is 1.47 bits per heavy atom. The summed E-state index contributed by atoms with van der Waals surface area (Å²) in [5.41, 5.74) is 6.21. The molecule has 0 fully saturated rings. The molecule has 4 heteroatoms. The van der Waals surface area contributed by atoms with E-state index in [0.29, 0.717) is 16.6 Å². The molecule has 1 amide bonds. The van der Waals surface area contributed by atoms with E-state index in [1.54, 1.807) is 25.1 Å². The van der Waals surface area contributed by atoms with Crippen molar-refractivity contribution in [2.45, 2.75) is 6.92 Å². The average Bonchev–Trinajstić information content (AvgIpc) is 2.18. The fourth-order valence-electron chi connectivity index (χ4n) is 1.50. The van der Waals surface area contributed by atoms with Gasteiger partial charge in [0.25, 0.3) is 5.91 Å². The maximum atomic E-state index is 13.3. The number of carbonyl (C=O) groups is 1. The fraction of sp³-hybridized carbons (Fsp3) is 0.0909. The van der Waals surface area contributed by atoms with Crippen molar-refractivity contribution in [3.8, 4) is 0 Å². The lowest BCUT2D eigenvalue weighted by Gasteiger charge is -2.04. The molecule has 1 aromatic heterocycles. The van der Waals surface area contributed by atoms with Gasteiger partial charge in [-0.1, -0.05) is 12.1 Å². The topological polar surface area (TPSA) is 56.0 Å². The first kappa shape index (κ1) is 9.58. The van der Waals surface area contributed by atoms with Crippen LogP contribution in [0.15, 0.2) is 24.3 Å². The second kappa shape index (κ2) is 3.31. The van der Waals surface area contributed by atoms with E-state index in [-0.39, 0.29) is 5.52 Å². The summed E-state index contributed by atoms with van der Waals surface area (Å²) in [5.74, 6) is -0.946. The van der Waals surface area contributed by atoms with Crippen molar-refractivity contribution in [2.24, 2.45) is 5.73 Å². The van der Waals surface area contributed by atoms with Crippen LogP contribution in [0.2, 0.25) is 0 Å². The van der Waals surface area contributed by atoms with Crippen LogP contribution in [0.5, 0.6) is 0 Å². The first-order valence-electron chi connectivity index (χ1n) is 4.45. The summed E-state index contributed by atoms with van der Waals surface area (Å²) >= 11 is 0. The summed E-state index contributed by atoms with van der Waals surface area (Å²) in [5, 5.41) is 0.578. The summed E-state index contributed by atoms with van der Waals surface area (Å²) in [6, 6.07) is 6.15. The molecule has 2 rings (SSSR count). The lowest BCUT2D eigenvalue weighted by Crippen LogP contribution is -2.13. The largest absolute Gasteiger partial charge is 0.366 e. The highest BCUT2D eigenvalue weighted by Crippen LogP contribution is 2.18. The van der Waals surface area contributed by atoms with Crippen LogP contribution in [-0.2, 0) is 0 Å². The quantitative estimate of drug-likeness (QED) is 0.769. The Bertz CT molecular complexity index is 552. The minimum absolute atomic E-state index is 0.264. The number of pyridine rings is 1. The lowest BCUT2D eigenvalue weighted by atomic mass is 10.1. The van der Waals surface area contributed by atoms with E-state index in [9.17, 15) is 9.18 Å². The predicted molar refractivity (Wildman–Crippen MR) is 55.0 cm³/mol. The molecule has 76 valence electrons. The third-order valence-electron chi connectivity index (χ3n) is 2.25. The van der Waals surface area contributed by atoms with E-state index in [1.807, 2.05) is 0 Å². The van der Waals surface area contributed by atoms with Crippen molar-refractivity contribution < 1.29 is 9.18 Å². The van der Waals surface area contributed by atoms with Crippen LogP contribution in [0.4, 0.5) is 4.39 Å². The highest BCUT2D eigenvalue weighted by atomic mass is 19.1. The summed E-state index contributed by atoms with van der Waals surface area (Å²) in [6.07, 6.45) is 0. The van der Waals surface area contributed by atoms with Gasteiger partial charge in [-0.3, -0.25) is 4.79 Å². The minimum atomic E-state index is -0.550. The SMILES string of the molecule is Cc1nc2c(F)cccc2cc1C(N)=O. The number of halogens is 1. The summed E-state index contributed by atoms with van der Waals surface area (Å²) < 4.78 is 13.3. The Hall–Kier alpha value is -1.97. The zero-order valence-electron chi connectivity index (χ0n) is 8.12. The Labute approximate surface area is 85.7 Å². The van der Waals surface area contributed by atoms with E-state index in [0.717, 1.165) is 0 Å². The molecule has 0 aliphatic carbocycles. The summed E-state index contributed by atoms with van der Waals surface area (Å²) in [4.78, 5) is 15.1. The molecule has 0 bridgehead atoms. The number of hydrogen-bond acceptors (Lipinski definition) is 2. The Morgan fingerprint density at radius 2 is 2.20 bits per heavy atom. The Morgan fingerprint density at radius 3 is 2.87 bits per heavy atom. The van der Waals surface area contributed by atoms with Crippen molar-refractivity contribution in [1.29, 1.82) is 0 Å². The molecule has 0 atom stereocenters. The van der Waals surface area contributed by atoms with E-state index >= 15 is 0 Å². The van der Waals surface area contributed by atoms with Crippen molar-refractivity contribution in [3.05, 3.63) is 41.3 Å². The molecule has 2 aromatic rings. The van der Waals surface area contributed by atoms with E-state index in [1.165, 1.54) is 6.07 Å². The van der Waals surface area contributed by atoms with Crippen LogP contribution in [0, 0.1) is 12.7 Å². The van der Waals surface area contributed by atoms with E-state index in [4.69, 9.17) is 5.73 Å². The smallest absolute Gasteiger partial charge is 0.250 e. The molecule has 0 spiro atoms. The first-order valence-corrected chi connectivity index (χ1v) is 4.45. The molecule has 15 heavy (non-hydrogen) atoms. The lowest BCUT2D eigenvalue weighted by molar-refractivity contribution is 0.0999. The van der Waals surface area contributed by atoms with Gasteiger partial charge in [0.2, 0.25) is 0 Å². The molecule has 0 unspecified atom stereocenters. The molecular weight excluding hydrogens is 195 g/mol. The van der Waals surface area contributed by atoms with E-state index in [2.05, 4.69) is 4.98 Å². The summed E-state index contributed by atoms with van der Waals surface area (Å²) in [7, 11) is 0. The van der Waals surface area contributed by atoms with Gasteiger partial charge in [-0.15, -0.1) is 0 Å². The van der Waals surface area contributed by atoms with Gasteiger partial charge in [0.1, 0.15) is 11.3 Å². The van der Waals surface area contributed by atoms with Gasteiger partial charge in [-0.05, 0) is 19.1 Å². The van der Waals surface area contributed by atoms with Crippen molar-refractivity contribution in [1.82, 2.24) is 4.98 Å². The van der Waals surface area contributed by atoms with Gasteiger partial charge in [-0.2, -0.15) is 0 Å². The molecule has 0 saturated carbocycles. The van der Waals surface area contributed by atoms with Crippen LogP contribution >= 0.6 is 0 Å².